The van der Waals surface area contributed by atoms with Gasteiger partial charge < -0.3 is 10.2 Å². The van der Waals surface area contributed by atoms with Crippen molar-refractivity contribution in [3.63, 3.8) is 0 Å². The standard InChI is InChI=1S/C16H23F3N2/c1-12(2)21(11-13-7-5-6-10-20-13)15-9-4-3-8-14(15)16(17,18)19/h3-4,8-9,12-13,20H,5-7,10-11H2,1-2H3. The molecule has 0 saturated carbocycles. The minimum Gasteiger partial charge on any atom is -0.367 e. The largest absolute Gasteiger partial charge is 0.418 e. The quantitative estimate of drug-likeness (QED) is 0.902. The Balaban J connectivity index is 2.26. The Kier molecular flexibility index (Phi) is 5.14. The highest BCUT2D eigenvalue weighted by molar-refractivity contribution is 5.55. The summed E-state index contributed by atoms with van der Waals surface area (Å²) in [6.45, 7) is 5.45. The van der Waals surface area contributed by atoms with Gasteiger partial charge in [0.05, 0.1) is 5.56 Å². The third kappa shape index (κ3) is 4.13. The smallest absolute Gasteiger partial charge is 0.367 e. The van der Waals surface area contributed by atoms with Crippen molar-refractivity contribution >= 4 is 5.69 Å². The molecule has 1 aliphatic heterocycles. The number of alkyl halides is 3. The summed E-state index contributed by atoms with van der Waals surface area (Å²) in [6.07, 6.45) is -0.997. The lowest BCUT2D eigenvalue weighted by molar-refractivity contribution is -0.137. The topological polar surface area (TPSA) is 15.3 Å². The highest BCUT2D eigenvalue weighted by Crippen LogP contribution is 2.37. The number of halogens is 3. The van der Waals surface area contributed by atoms with Crippen molar-refractivity contribution in [1.82, 2.24) is 5.32 Å². The number of nitrogens with zero attached hydrogens (tertiary/aromatic N) is 1. The van der Waals surface area contributed by atoms with Gasteiger partial charge in [0.25, 0.3) is 0 Å². The Hall–Kier alpha value is -1.23. The van der Waals surface area contributed by atoms with Crippen LogP contribution < -0.4 is 10.2 Å². The Morgan fingerprint density at radius 2 is 1.95 bits per heavy atom. The molecule has 2 rings (SSSR count). The summed E-state index contributed by atoms with van der Waals surface area (Å²) >= 11 is 0. The van der Waals surface area contributed by atoms with E-state index in [1.807, 2.05) is 18.7 Å². The van der Waals surface area contributed by atoms with E-state index in [0.29, 0.717) is 6.54 Å². The molecule has 1 N–H and O–H groups in total. The van der Waals surface area contributed by atoms with Gasteiger partial charge in [-0.05, 0) is 45.4 Å². The maximum Gasteiger partial charge on any atom is 0.418 e. The van der Waals surface area contributed by atoms with Crippen molar-refractivity contribution in [2.24, 2.45) is 0 Å². The molecule has 0 aromatic heterocycles. The van der Waals surface area contributed by atoms with Crippen LogP contribution in [0.1, 0.15) is 38.7 Å². The van der Waals surface area contributed by atoms with Crippen LogP contribution in [0, 0.1) is 0 Å². The molecule has 0 spiro atoms. The zero-order chi connectivity index (χ0) is 15.5. The number of nitrogens with one attached hydrogen (secondary N) is 1. The Labute approximate surface area is 124 Å². The minimum atomic E-state index is -4.32. The summed E-state index contributed by atoms with van der Waals surface area (Å²) in [5, 5.41) is 3.41. The van der Waals surface area contributed by atoms with Crippen LogP contribution in [0.2, 0.25) is 0 Å². The van der Waals surface area contributed by atoms with Gasteiger partial charge in [0, 0.05) is 24.3 Å². The second-order valence-electron chi connectivity index (χ2n) is 5.91. The van der Waals surface area contributed by atoms with Gasteiger partial charge in [0.15, 0.2) is 0 Å². The molecule has 1 aliphatic rings. The predicted molar refractivity (Wildman–Crippen MR) is 79.6 cm³/mol. The van der Waals surface area contributed by atoms with Crippen LogP contribution in [-0.2, 0) is 6.18 Å². The van der Waals surface area contributed by atoms with Crippen molar-refractivity contribution < 1.29 is 13.2 Å². The van der Waals surface area contributed by atoms with Crippen LogP contribution in [0.25, 0.3) is 0 Å². The van der Waals surface area contributed by atoms with Crippen molar-refractivity contribution in [3.05, 3.63) is 29.8 Å². The highest BCUT2D eigenvalue weighted by Gasteiger charge is 2.35. The van der Waals surface area contributed by atoms with E-state index in [1.165, 1.54) is 12.1 Å². The van der Waals surface area contributed by atoms with Crippen molar-refractivity contribution in [1.29, 1.82) is 0 Å². The molecule has 1 fully saturated rings. The lowest BCUT2D eigenvalue weighted by Crippen LogP contribution is -2.46. The van der Waals surface area contributed by atoms with Gasteiger partial charge in [0.2, 0.25) is 0 Å². The molecule has 2 nitrogen and oxygen atoms in total. The molecular formula is C16H23F3N2. The van der Waals surface area contributed by atoms with Gasteiger partial charge in [-0.15, -0.1) is 0 Å². The monoisotopic (exact) mass is 300 g/mol. The molecule has 1 saturated heterocycles. The summed E-state index contributed by atoms with van der Waals surface area (Å²) in [5.74, 6) is 0. The molecule has 0 bridgehead atoms. The first-order chi connectivity index (χ1) is 9.89. The van der Waals surface area contributed by atoms with E-state index < -0.39 is 11.7 Å². The minimum absolute atomic E-state index is 0.0252. The number of rotatable bonds is 4. The molecular weight excluding hydrogens is 277 g/mol. The van der Waals surface area contributed by atoms with Gasteiger partial charge in [0.1, 0.15) is 0 Å². The molecule has 1 heterocycles. The lowest BCUT2D eigenvalue weighted by Gasteiger charge is -2.36. The van der Waals surface area contributed by atoms with E-state index in [4.69, 9.17) is 0 Å². The average Bonchev–Trinajstić information content (AvgIpc) is 2.45. The van der Waals surface area contributed by atoms with E-state index in [2.05, 4.69) is 5.32 Å². The van der Waals surface area contributed by atoms with E-state index in [9.17, 15) is 13.2 Å². The van der Waals surface area contributed by atoms with Crippen molar-refractivity contribution in [2.45, 2.75) is 51.4 Å². The van der Waals surface area contributed by atoms with Gasteiger partial charge in [-0.1, -0.05) is 18.6 Å². The van der Waals surface area contributed by atoms with Crippen LogP contribution in [0.3, 0.4) is 0 Å². The maximum absolute atomic E-state index is 13.2. The van der Waals surface area contributed by atoms with Gasteiger partial charge >= 0.3 is 6.18 Å². The van der Waals surface area contributed by atoms with Crippen LogP contribution in [0.5, 0.6) is 0 Å². The van der Waals surface area contributed by atoms with Gasteiger partial charge in [-0.3, -0.25) is 0 Å². The molecule has 1 aromatic rings. The number of piperidine rings is 1. The van der Waals surface area contributed by atoms with E-state index in [0.717, 1.165) is 25.8 Å². The number of anilines is 1. The third-order valence-corrected chi connectivity index (χ3v) is 3.97. The lowest BCUT2D eigenvalue weighted by atomic mass is 10.0. The maximum atomic E-state index is 13.2. The number of hydrogen-bond acceptors (Lipinski definition) is 2. The zero-order valence-electron chi connectivity index (χ0n) is 12.6. The molecule has 0 amide bonds. The fourth-order valence-electron chi connectivity index (χ4n) is 2.87. The zero-order valence-corrected chi connectivity index (χ0v) is 12.6. The van der Waals surface area contributed by atoms with E-state index >= 15 is 0 Å². The molecule has 1 atom stereocenters. The third-order valence-electron chi connectivity index (χ3n) is 3.97. The fourth-order valence-corrected chi connectivity index (χ4v) is 2.87. The summed E-state index contributed by atoms with van der Waals surface area (Å²) in [6, 6.07) is 6.16. The summed E-state index contributed by atoms with van der Waals surface area (Å²) in [4.78, 5) is 1.87. The van der Waals surface area contributed by atoms with Crippen LogP contribution >= 0.6 is 0 Å². The predicted octanol–water partition coefficient (Wildman–Crippen LogP) is 4.06. The number of para-hydroxylation sites is 1. The van der Waals surface area contributed by atoms with Crippen LogP contribution in [-0.4, -0.2) is 25.2 Å². The first-order valence-corrected chi connectivity index (χ1v) is 7.56. The Morgan fingerprint density at radius 1 is 1.24 bits per heavy atom. The molecule has 21 heavy (non-hydrogen) atoms. The second-order valence-corrected chi connectivity index (χ2v) is 5.91. The van der Waals surface area contributed by atoms with Crippen molar-refractivity contribution in [3.8, 4) is 0 Å². The van der Waals surface area contributed by atoms with E-state index in [-0.39, 0.29) is 17.8 Å². The molecule has 118 valence electrons. The fraction of sp³-hybridized carbons (Fsp3) is 0.625. The Morgan fingerprint density at radius 3 is 2.52 bits per heavy atom. The Bertz CT molecular complexity index is 451. The second kappa shape index (κ2) is 6.69. The summed E-state index contributed by atoms with van der Waals surface area (Å²) in [7, 11) is 0. The summed E-state index contributed by atoms with van der Waals surface area (Å²) < 4.78 is 39.6. The van der Waals surface area contributed by atoms with Crippen LogP contribution in [0.15, 0.2) is 24.3 Å². The molecule has 0 aliphatic carbocycles. The normalized spacial score (nSPS) is 19.8. The average molecular weight is 300 g/mol. The van der Waals surface area contributed by atoms with Gasteiger partial charge in [-0.25, -0.2) is 0 Å². The molecule has 1 aromatic carbocycles. The molecule has 0 radical (unpaired) electrons. The first-order valence-electron chi connectivity index (χ1n) is 7.56. The van der Waals surface area contributed by atoms with Crippen molar-refractivity contribution in [2.75, 3.05) is 18.0 Å². The first kappa shape index (κ1) is 16.1. The highest BCUT2D eigenvalue weighted by atomic mass is 19.4. The number of hydrogen-bond donors (Lipinski definition) is 1. The van der Waals surface area contributed by atoms with Crippen LogP contribution in [0.4, 0.5) is 18.9 Å². The molecule has 1 unspecified atom stereocenters. The summed E-state index contributed by atoms with van der Waals surface area (Å²) in [5.41, 5.74) is -0.262. The number of benzene rings is 1. The van der Waals surface area contributed by atoms with E-state index in [1.54, 1.807) is 12.1 Å². The molecule has 5 heteroatoms. The SMILES string of the molecule is CC(C)N(CC1CCCCN1)c1ccccc1C(F)(F)F. The van der Waals surface area contributed by atoms with Gasteiger partial charge in [-0.2, -0.15) is 13.2 Å².